The van der Waals surface area contributed by atoms with Crippen LogP contribution in [0, 0.1) is 0 Å². The van der Waals surface area contributed by atoms with Crippen LogP contribution in [-0.2, 0) is 9.53 Å². The van der Waals surface area contributed by atoms with Gasteiger partial charge in [-0.15, -0.1) is 0 Å². The number of amides is 1. The summed E-state index contributed by atoms with van der Waals surface area (Å²) in [6, 6.07) is -0.835. The molecule has 4 N–H and O–H groups in total. The monoisotopic (exact) mass is 272 g/mol. The summed E-state index contributed by atoms with van der Waals surface area (Å²) in [5, 5.41) is 18.7. The molecule has 8 nitrogen and oxygen atoms in total. The lowest BCUT2D eigenvalue weighted by Gasteiger charge is -2.08. The number of carboxylic acid groups (broad SMARTS) is 1. The van der Waals surface area contributed by atoms with E-state index in [0.717, 1.165) is 0 Å². The maximum Gasteiger partial charge on any atom is 0.407 e. The number of ether oxygens (including phenoxy) is 1. The lowest BCUT2D eigenvalue weighted by atomic mass is 10.1. The van der Waals surface area contributed by atoms with Crippen molar-refractivity contribution in [1.29, 1.82) is 0 Å². The summed E-state index contributed by atoms with van der Waals surface area (Å²) < 4.78 is 4.94. The van der Waals surface area contributed by atoms with E-state index in [9.17, 15) is 9.59 Å². The van der Waals surface area contributed by atoms with Crippen molar-refractivity contribution >= 4 is 12.1 Å². The van der Waals surface area contributed by atoms with Gasteiger partial charge in [-0.3, -0.25) is 4.79 Å². The van der Waals surface area contributed by atoms with Crippen molar-refractivity contribution in [1.82, 2.24) is 5.32 Å². The molecule has 19 heavy (non-hydrogen) atoms. The molecule has 0 radical (unpaired) electrons. The van der Waals surface area contributed by atoms with Crippen LogP contribution in [0.15, 0.2) is 10.2 Å². The number of carboxylic acids is 1. The Morgan fingerprint density at radius 3 is 2.68 bits per heavy atom. The maximum absolute atomic E-state index is 11.2. The molecule has 1 rings (SSSR count). The second-order valence-corrected chi connectivity index (χ2v) is 4.67. The summed E-state index contributed by atoms with van der Waals surface area (Å²) in [7, 11) is 0. The normalized spacial score (nSPS) is 16.7. The van der Waals surface area contributed by atoms with Gasteiger partial charge in [0.15, 0.2) is 5.66 Å². The third-order valence-electron chi connectivity index (χ3n) is 2.78. The zero-order chi connectivity index (χ0) is 14.3. The highest BCUT2D eigenvalue weighted by Crippen LogP contribution is 2.30. The fourth-order valence-electron chi connectivity index (χ4n) is 1.38. The molecule has 1 aliphatic heterocycles. The van der Waals surface area contributed by atoms with Crippen LogP contribution in [0.4, 0.5) is 4.79 Å². The van der Waals surface area contributed by atoms with Crippen LogP contribution in [0.5, 0.6) is 0 Å². The smallest absolute Gasteiger partial charge is 0.407 e. The topological polar surface area (TPSA) is 126 Å². The Hall–Kier alpha value is -1.70. The quantitative estimate of drug-likeness (QED) is 0.537. The predicted octanol–water partition coefficient (Wildman–Crippen LogP) is 0.867. The number of aliphatic carboxylic acids is 1. The van der Waals surface area contributed by atoms with Crippen LogP contribution in [-0.4, -0.2) is 42.0 Å². The number of alkyl carbamates (subject to hydrolysis) is 1. The van der Waals surface area contributed by atoms with E-state index < -0.39 is 18.1 Å². The minimum Gasteiger partial charge on any atom is -0.480 e. The Morgan fingerprint density at radius 1 is 1.42 bits per heavy atom. The molecule has 1 amide bonds. The van der Waals surface area contributed by atoms with Crippen LogP contribution in [0.3, 0.4) is 0 Å². The first-order chi connectivity index (χ1) is 8.93. The SMILES string of the molecule is CC1(CCOC(=O)NCCCC[C@H](N)C(=O)O)N=N1. The molecule has 0 aromatic carbocycles. The van der Waals surface area contributed by atoms with Gasteiger partial charge in [-0.2, -0.15) is 10.2 Å². The van der Waals surface area contributed by atoms with E-state index in [1.54, 1.807) is 0 Å². The number of carbonyl (C=O) groups excluding carboxylic acids is 1. The minimum absolute atomic E-state index is 0.277. The van der Waals surface area contributed by atoms with E-state index in [4.69, 9.17) is 15.6 Å². The number of hydrogen-bond donors (Lipinski definition) is 3. The number of nitrogens with zero attached hydrogens (tertiary/aromatic N) is 2. The van der Waals surface area contributed by atoms with Crippen molar-refractivity contribution in [3.8, 4) is 0 Å². The molecule has 1 atom stereocenters. The first-order valence-corrected chi connectivity index (χ1v) is 6.26. The number of unbranched alkanes of at least 4 members (excludes halogenated alkanes) is 1. The fraction of sp³-hybridized carbons (Fsp3) is 0.818. The van der Waals surface area contributed by atoms with E-state index in [1.807, 2.05) is 6.92 Å². The Morgan fingerprint density at radius 2 is 2.11 bits per heavy atom. The molecule has 0 aliphatic carbocycles. The number of nitrogens with one attached hydrogen (secondary N) is 1. The van der Waals surface area contributed by atoms with Crippen molar-refractivity contribution in [3.63, 3.8) is 0 Å². The van der Waals surface area contributed by atoms with E-state index in [-0.39, 0.29) is 12.3 Å². The van der Waals surface area contributed by atoms with E-state index >= 15 is 0 Å². The Bertz CT molecular complexity index is 353. The molecule has 0 aromatic rings. The van der Waals surface area contributed by atoms with Gasteiger partial charge in [-0.25, -0.2) is 4.79 Å². The molecule has 108 valence electrons. The maximum atomic E-state index is 11.2. The summed E-state index contributed by atoms with van der Waals surface area (Å²) in [6.07, 6.45) is 1.82. The average Bonchev–Trinajstić information content (AvgIpc) is 3.06. The van der Waals surface area contributed by atoms with E-state index in [2.05, 4.69) is 15.5 Å². The van der Waals surface area contributed by atoms with Gasteiger partial charge in [0, 0.05) is 13.0 Å². The number of carbonyl (C=O) groups is 2. The number of nitrogens with two attached hydrogens (primary N) is 1. The Balaban J connectivity index is 1.91. The van der Waals surface area contributed by atoms with Gasteiger partial charge in [-0.1, -0.05) is 0 Å². The van der Waals surface area contributed by atoms with Crippen LogP contribution < -0.4 is 11.1 Å². The summed E-state index contributed by atoms with van der Waals surface area (Å²) >= 11 is 0. The van der Waals surface area contributed by atoms with Gasteiger partial charge in [0.2, 0.25) is 0 Å². The van der Waals surface area contributed by atoms with Crippen molar-refractivity contribution in [2.24, 2.45) is 16.0 Å². The zero-order valence-electron chi connectivity index (χ0n) is 11.0. The Kier molecular flexibility index (Phi) is 5.68. The van der Waals surface area contributed by atoms with Gasteiger partial charge in [0.1, 0.15) is 6.04 Å². The van der Waals surface area contributed by atoms with Crippen LogP contribution in [0.25, 0.3) is 0 Å². The molecule has 0 spiro atoms. The molecular formula is C11H20N4O4. The van der Waals surface area contributed by atoms with E-state index in [1.165, 1.54) is 0 Å². The molecule has 0 saturated heterocycles. The van der Waals surface area contributed by atoms with Gasteiger partial charge in [-0.05, 0) is 26.2 Å². The summed E-state index contributed by atoms with van der Waals surface area (Å²) in [5.74, 6) is -1.00. The first-order valence-electron chi connectivity index (χ1n) is 6.26. The molecule has 1 aliphatic rings. The zero-order valence-corrected chi connectivity index (χ0v) is 11.0. The lowest BCUT2D eigenvalue weighted by Crippen LogP contribution is -2.30. The van der Waals surface area contributed by atoms with Crippen LogP contribution >= 0.6 is 0 Å². The lowest BCUT2D eigenvalue weighted by molar-refractivity contribution is -0.138. The van der Waals surface area contributed by atoms with Gasteiger partial charge < -0.3 is 20.9 Å². The highest BCUT2D eigenvalue weighted by molar-refractivity contribution is 5.72. The predicted molar refractivity (Wildman–Crippen MR) is 66.7 cm³/mol. The number of hydrogen-bond acceptors (Lipinski definition) is 6. The third-order valence-corrected chi connectivity index (χ3v) is 2.78. The average molecular weight is 272 g/mol. The highest BCUT2D eigenvalue weighted by Gasteiger charge is 2.33. The second-order valence-electron chi connectivity index (χ2n) is 4.67. The van der Waals surface area contributed by atoms with Crippen LogP contribution in [0.1, 0.15) is 32.6 Å². The van der Waals surface area contributed by atoms with E-state index in [0.29, 0.717) is 32.2 Å². The van der Waals surface area contributed by atoms with Crippen molar-refractivity contribution in [2.75, 3.05) is 13.2 Å². The molecule has 0 unspecified atom stereocenters. The third kappa shape index (κ3) is 6.70. The molecular weight excluding hydrogens is 252 g/mol. The van der Waals surface area contributed by atoms with Crippen LogP contribution in [0.2, 0.25) is 0 Å². The minimum atomic E-state index is -1.00. The highest BCUT2D eigenvalue weighted by atomic mass is 16.5. The largest absolute Gasteiger partial charge is 0.480 e. The summed E-state index contributed by atoms with van der Waals surface area (Å²) in [5.41, 5.74) is 4.99. The van der Waals surface area contributed by atoms with Gasteiger partial charge in [0.05, 0.1) is 6.61 Å². The fourth-order valence-corrected chi connectivity index (χ4v) is 1.38. The summed E-state index contributed by atoms with van der Waals surface area (Å²) in [6.45, 7) is 2.58. The standard InChI is InChI=1S/C11H20N4O4/c1-11(14-15-11)5-7-19-10(18)13-6-3-2-4-8(12)9(16)17/h8H,2-7,12H2,1H3,(H,13,18)(H,16,17)/t8-/m0/s1. The molecule has 0 aromatic heterocycles. The molecule has 0 saturated carbocycles. The van der Waals surface area contributed by atoms with Gasteiger partial charge in [0.25, 0.3) is 0 Å². The molecule has 1 heterocycles. The van der Waals surface area contributed by atoms with Gasteiger partial charge >= 0.3 is 12.1 Å². The Labute approximate surface area is 111 Å². The molecule has 8 heteroatoms. The van der Waals surface area contributed by atoms with Crippen molar-refractivity contribution in [3.05, 3.63) is 0 Å². The second kappa shape index (κ2) is 7.03. The number of rotatable bonds is 9. The summed E-state index contributed by atoms with van der Waals surface area (Å²) in [4.78, 5) is 21.7. The van der Waals surface area contributed by atoms with Crippen molar-refractivity contribution < 1.29 is 19.4 Å². The first kappa shape index (κ1) is 15.4. The van der Waals surface area contributed by atoms with Crippen molar-refractivity contribution in [2.45, 2.75) is 44.3 Å². The molecule has 0 bridgehead atoms. The molecule has 0 fully saturated rings.